The fourth-order valence-corrected chi connectivity index (χ4v) is 0.963. The molecule has 3 nitrogen and oxygen atoms in total. The summed E-state index contributed by atoms with van der Waals surface area (Å²) in [6.45, 7) is 2.01. The van der Waals surface area contributed by atoms with E-state index in [2.05, 4.69) is 10.2 Å². The second kappa shape index (κ2) is 2.45. The average molecular weight is 183 g/mol. The van der Waals surface area contributed by atoms with Gasteiger partial charge in [-0.25, -0.2) is 0 Å². The van der Waals surface area contributed by atoms with Gasteiger partial charge >= 0.3 is 5.31 Å². The number of benzene rings is 1. The molecule has 0 N–H and O–H groups in total. The van der Waals surface area contributed by atoms with Gasteiger partial charge in [0.1, 0.15) is 5.75 Å². The van der Waals surface area contributed by atoms with Crippen molar-refractivity contribution in [3.05, 3.63) is 29.8 Å². The molecule has 1 aliphatic rings. The normalized spacial score (nSPS) is 17.5. The zero-order valence-electron chi connectivity index (χ0n) is 6.49. The molecule has 0 spiro atoms. The molecule has 1 aromatic carbocycles. The Morgan fingerprint density at radius 2 is 1.83 bits per heavy atom. The number of alkyl halides is 1. The van der Waals surface area contributed by atoms with Crippen molar-refractivity contribution in [2.24, 2.45) is 10.2 Å². The van der Waals surface area contributed by atoms with Crippen LogP contribution in [0.1, 0.15) is 5.56 Å². The van der Waals surface area contributed by atoms with Crippen LogP contribution in [-0.4, -0.2) is 5.31 Å². The monoisotopic (exact) mass is 182 g/mol. The van der Waals surface area contributed by atoms with Gasteiger partial charge in [0.15, 0.2) is 0 Å². The fourth-order valence-electron chi connectivity index (χ4n) is 0.836. The van der Waals surface area contributed by atoms with Crippen molar-refractivity contribution in [2.45, 2.75) is 12.2 Å². The van der Waals surface area contributed by atoms with E-state index in [0.717, 1.165) is 0 Å². The van der Waals surface area contributed by atoms with Gasteiger partial charge in [-0.15, -0.1) is 0 Å². The molecule has 12 heavy (non-hydrogen) atoms. The third-order valence-electron chi connectivity index (χ3n) is 1.53. The third-order valence-corrected chi connectivity index (χ3v) is 1.75. The van der Waals surface area contributed by atoms with Crippen molar-refractivity contribution in [3.63, 3.8) is 0 Å². The number of halogens is 1. The second-order valence-electron chi connectivity index (χ2n) is 2.64. The predicted molar refractivity (Wildman–Crippen MR) is 45.2 cm³/mol. The van der Waals surface area contributed by atoms with Crippen LogP contribution >= 0.6 is 11.6 Å². The summed E-state index contributed by atoms with van der Waals surface area (Å²) < 4.78 is 5.20. The minimum atomic E-state index is -1.13. The van der Waals surface area contributed by atoms with Crippen molar-refractivity contribution < 1.29 is 4.74 Å². The molecule has 0 radical (unpaired) electrons. The number of hydrogen-bond donors (Lipinski definition) is 0. The van der Waals surface area contributed by atoms with Gasteiger partial charge in [-0.1, -0.05) is 27.9 Å². The van der Waals surface area contributed by atoms with Gasteiger partial charge < -0.3 is 4.74 Å². The van der Waals surface area contributed by atoms with Crippen molar-refractivity contribution in [2.75, 3.05) is 0 Å². The summed E-state index contributed by atoms with van der Waals surface area (Å²) in [6.07, 6.45) is 0. The van der Waals surface area contributed by atoms with Crippen LogP contribution in [0.2, 0.25) is 0 Å². The Morgan fingerprint density at radius 1 is 1.25 bits per heavy atom. The molecule has 1 aliphatic heterocycles. The molecule has 0 aromatic heterocycles. The van der Waals surface area contributed by atoms with E-state index in [9.17, 15) is 0 Å². The summed E-state index contributed by atoms with van der Waals surface area (Å²) in [5.74, 6) is 0.681. The van der Waals surface area contributed by atoms with Crippen LogP contribution in [0, 0.1) is 6.92 Å². The maximum Gasteiger partial charge on any atom is 0.418 e. The molecule has 1 heterocycles. The minimum absolute atomic E-state index is 0.681. The maximum absolute atomic E-state index is 5.66. The molecule has 0 fully saturated rings. The van der Waals surface area contributed by atoms with E-state index in [-0.39, 0.29) is 0 Å². The average Bonchev–Trinajstić information content (AvgIpc) is 2.74. The molecular formula is C8H7ClN2O. The lowest BCUT2D eigenvalue weighted by atomic mass is 10.2. The van der Waals surface area contributed by atoms with Gasteiger partial charge in [-0.2, -0.15) is 0 Å². The number of rotatable bonds is 2. The van der Waals surface area contributed by atoms with E-state index in [1.165, 1.54) is 5.56 Å². The lowest BCUT2D eigenvalue weighted by molar-refractivity contribution is 0.246. The molecule has 0 amide bonds. The lowest BCUT2D eigenvalue weighted by Gasteiger charge is -2.05. The number of hydrogen-bond acceptors (Lipinski definition) is 3. The molecule has 0 saturated heterocycles. The first-order chi connectivity index (χ1) is 5.68. The topological polar surface area (TPSA) is 34.0 Å². The number of ether oxygens (including phenoxy) is 1. The SMILES string of the molecule is Cc1ccc(OC2(Cl)N=N2)cc1. The second-order valence-corrected chi connectivity index (χ2v) is 3.14. The molecule has 1 aromatic rings. The van der Waals surface area contributed by atoms with Crippen LogP contribution in [0.4, 0.5) is 0 Å². The Kier molecular flexibility index (Phi) is 1.54. The molecule has 0 atom stereocenters. The van der Waals surface area contributed by atoms with Crippen LogP contribution in [0.25, 0.3) is 0 Å². The quantitative estimate of drug-likeness (QED) is 0.512. The Balaban J connectivity index is 2.09. The van der Waals surface area contributed by atoms with E-state index in [1.807, 2.05) is 31.2 Å². The standard InChI is InChI=1S/C8H7ClN2O/c1-6-2-4-7(5-3-6)12-8(9)10-11-8/h2-5H,1H3. The predicted octanol–water partition coefficient (Wildman–Crippen LogP) is 2.69. The first-order valence-corrected chi connectivity index (χ1v) is 3.94. The number of nitrogens with zero attached hydrogens (tertiary/aromatic N) is 2. The maximum atomic E-state index is 5.66. The first kappa shape index (κ1) is 7.55. The Hall–Kier alpha value is -1.09. The Morgan fingerprint density at radius 3 is 2.33 bits per heavy atom. The van der Waals surface area contributed by atoms with Crippen LogP contribution in [0.5, 0.6) is 5.75 Å². The van der Waals surface area contributed by atoms with E-state index in [1.54, 1.807) is 0 Å². The van der Waals surface area contributed by atoms with Crippen molar-refractivity contribution in [1.82, 2.24) is 0 Å². The van der Waals surface area contributed by atoms with Crippen LogP contribution in [0.15, 0.2) is 34.5 Å². The molecule has 2 rings (SSSR count). The Bertz CT molecular complexity index is 314. The molecule has 0 saturated carbocycles. The summed E-state index contributed by atoms with van der Waals surface area (Å²) in [7, 11) is 0. The molecule has 0 aliphatic carbocycles. The summed E-state index contributed by atoms with van der Waals surface area (Å²) in [6, 6.07) is 7.56. The van der Waals surface area contributed by atoms with Gasteiger partial charge in [0.25, 0.3) is 0 Å². The zero-order chi connectivity index (χ0) is 8.60. The molecule has 0 bridgehead atoms. The van der Waals surface area contributed by atoms with E-state index in [0.29, 0.717) is 5.75 Å². The summed E-state index contributed by atoms with van der Waals surface area (Å²) in [5, 5.41) is 5.91. The third kappa shape index (κ3) is 1.56. The summed E-state index contributed by atoms with van der Waals surface area (Å²) >= 11 is 5.66. The zero-order valence-corrected chi connectivity index (χ0v) is 7.25. The van der Waals surface area contributed by atoms with E-state index >= 15 is 0 Å². The highest BCUT2D eigenvalue weighted by atomic mass is 35.5. The van der Waals surface area contributed by atoms with Crippen LogP contribution < -0.4 is 4.74 Å². The smallest absolute Gasteiger partial charge is 0.418 e. The molecule has 4 heteroatoms. The van der Waals surface area contributed by atoms with E-state index < -0.39 is 5.31 Å². The van der Waals surface area contributed by atoms with Crippen molar-refractivity contribution >= 4 is 11.6 Å². The Labute approximate surface area is 75.0 Å². The minimum Gasteiger partial charge on any atom is -0.432 e. The molecular weight excluding hydrogens is 176 g/mol. The molecule has 0 unspecified atom stereocenters. The van der Waals surface area contributed by atoms with Crippen LogP contribution in [0.3, 0.4) is 0 Å². The lowest BCUT2D eigenvalue weighted by Crippen LogP contribution is -2.10. The van der Waals surface area contributed by atoms with E-state index in [4.69, 9.17) is 16.3 Å². The van der Waals surface area contributed by atoms with Gasteiger partial charge in [0.2, 0.25) is 0 Å². The highest BCUT2D eigenvalue weighted by molar-refractivity contribution is 6.23. The summed E-state index contributed by atoms with van der Waals surface area (Å²) in [4.78, 5) is 0. The first-order valence-electron chi connectivity index (χ1n) is 3.57. The number of aryl methyl sites for hydroxylation is 1. The van der Waals surface area contributed by atoms with Crippen molar-refractivity contribution in [1.29, 1.82) is 0 Å². The van der Waals surface area contributed by atoms with Gasteiger partial charge in [-0.05, 0) is 30.7 Å². The largest absolute Gasteiger partial charge is 0.432 e. The van der Waals surface area contributed by atoms with Gasteiger partial charge in [-0.3, -0.25) is 0 Å². The summed E-state index contributed by atoms with van der Waals surface area (Å²) in [5.41, 5.74) is 1.18. The van der Waals surface area contributed by atoms with Crippen LogP contribution in [-0.2, 0) is 0 Å². The highest BCUT2D eigenvalue weighted by Crippen LogP contribution is 2.35. The van der Waals surface area contributed by atoms with Gasteiger partial charge in [0, 0.05) is 0 Å². The molecule has 62 valence electrons. The van der Waals surface area contributed by atoms with Crippen molar-refractivity contribution in [3.8, 4) is 5.75 Å². The van der Waals surface area contributed by atoms with Gasteiger partial charge in [0.05, 0.1) is 0 Å². The fraction of sp³-hybridized carbons (Fsp3) is 0.250. The highest BCUT2D eigenvalue weighted by Gasteiger charge is 2.40.